The predicted molar refractivity (Wildman–Crippen MR) is 84.3 cm³/mol. The zero-order valence-electron chi connectivity index (χ0n) is 12.3. The molecular weight excluding hydrogens is 318 g/mol. The van der Waals surface area contributed by atoms with Crippen molar-refractivity contribution in [3.8, 4) is 11.5 Å². The molecule has 20 heavy (non-hydrogen) atoms. The van der Waals surface area contributed by atoms with Crippen molar-refractivity contribution in [1.82, 2.24) is 9.78 Å². The molecule has 1 atom stereocenters. The lowest BCUT2D eigenvalue weighted by Gasteiger charge is -2.13. The van der Waals surface area contributed by atoms with Crippen LogP contribution >= 0.6 is 15.9 Å². The third-order valence-corrected chi connectivity index (χ3v) is 3.72. The molecule has 1 heterocycles. The van der Waals surface area contributed by atoms with Gasteiger partial charge in [0.05, 0.1) is 5.69 Å². The molecule has 0 aliphatic heterocycles. The van der Waals surface area contributed by atoms with E-state index >= 15 is 0 Å². The molecule has 0 aliphatic rings. The Balaban J connectivity index is 2.39. The van der Waals surface area contributed by atoms with Crippen LogP contribution in [0.2, 0.25) is 0 Å². The number of benzene rings is 1. The van der Waals surface area contributed by atoms with Gasteiger partial charge in [-0.25, -0.2) is 0 Å². The summed E-state index contributed by atoms with van der Waals surface area (Å²) >= 11 is 3.49. The molecule has 2 N–H and O–H groups in total. The van der Waals surface area contributed by atoms with Crippen molar-refractivity contribution in [2.45, 2.75) is 33.2 Å². The predicted octanol–water partition coefficient (Wildman–Crippen LogP) is 3.48. The number of hydrogen-bond donors (Lipinski definition) is 1. The Hall–Kier alpha value is -1.33. The minimum atomic E-state index is 0.0922. The highest BCUT2D eigenvalue weighted by atomic mass is 79.9. The summed E-state index contributed by atoms with van der Waals surface area (Å²) in [6.45, 7) is 5.94. The van der Waals surface area contributed by atoms with Crippen molar-refractivity contribution in [3.63, 3.8) is 0 Å². The van der Waals surface area contributed by atoms with Gasteiger partial charge in [0.15, 0.2) is 5.75 Å². The first-order valence-corrected chi connectivity index (χ1v) is 7.40. The Labute approximate surface area is 128 Å². The molecule has 0 saturated heterocycles. The van der Waals surface area contributed by atoms with E-state index in [1.165, 1.54) is 0 Å². The SMILES string of the molecule is Cc1nn(C)c(C)c1Oc1cc(Br)ccc1CC(C)N. The number of aromatic nitrogens is 2. The maximum atomic E-state index is 6.10. The first-order valence-electron chi connectivity index (χ1n) is 6.60. The Morgan fingerprint density at radius 1 is 1.40 bits per heavy atom. The van der Waals surface area contributed by atoms with Crippen LogP contribution in [-0.2, 0) is 13.5 Å². The molecule has 0 amide bonds. The van der Waals surface area contributed by atoms with Crippen LogP contribution in [0.4, 0.5) is 0 Å². The molecule has 5 heteroatoms. The lowest BCUT2D eigenvalue weighted by Crippen LogP contribution is -2.18. The van der Waals surface area contributed by atoms with E-state index in [0.717, 1.165) is 39.3 Å². The molecule has 0 radical (unpaired) electrons. The van der Waals surface area contributed by atoms with Crippen molar-refractivity contribution in [1.29, 1.82) is 0 Å². The second kappa shape index (κ2) is 5.97. The Kier molecular flexibility index (Phi) is 4.50. The molecule has 0 aliphatic carbocycles. The average molecular weight is 338 g/mol. The quantitative estimate of drug-likeness (QED) is 0.929. The highest BCUT2D eigenvalue weighted by Crippen LogP contribution is 2.32. The first-order chi connectivity index (χ1) is 9.38. The van der Waals surface area contributed by atoms with E-state index in [-0.39, 0.29) is 6.04 Å². The fraction of sp³-hybridized carbons (Fsp3) is 0.400. The zero-order chi connectivity index (χ0) is 14.9. The summed E-state index contributed by atoms with van der Waals surface area (Å²) in [5.41, 5.74) is 8.90. The molecule has 1 unspecified atom stereocenters. The smallest absolute Gasteiger partial charge is 0.171 e. The highest BCUT2D eigenvalue weighted by Gasteiger charge is 2.14. The number of aryl methyl sites for hydroxylation is 2. The van der Waals surface area contributed by atoms with Gasteiger partial charge in [-0.05, 0) is 44.9 Å². The number of ether oxygens (including phenoxy) is 1. The summed E-state index contributed by atoms with van der Waals surface area (Å²) in [5.74, 6) is 1.65. The van der Waals surface area contributed by atoms with Gasteiger partial charge in [0, 0.05) is 17.6 Å². The minimum absolute atomic E-state index is 0.0922. The maximum absolute atomic E-state index is 6.10. The standard InChI is InChI=1S/C15H20BrN3O/c1-9(17)7-12-5-6-13(16)8-14(12)20-15-10(2)18-19(4)11(15)3/h5-6,8-9H,7,17H2,1-4H3. The van der Waals surface area contributed by atoms with Crippen LogP contribution in [0.15, 0.2) is 22.7 Å². The third kappa shape index (κ3) is 3.22. The molecule has 0 bridgehead atoms. The molecule has 4 nitrogen and oxygen atoms in total. The molecular formula is C15H20BrN3O. The van der Waals surface area contributed by atoms with E-state index in [4.69, 9.17) is 10.5 Å². The molecule has 2 aromatic rings. The first kappa shape index (κ1) is 15.1. The molecule has 0 saturated carbocycles. The zero-order valence-corrected chi connectivity index (χ0v) is 13.9. The van der Waals surface area contributed by atoms with Crippen molar-refractivity contribution in [3.05, 3.63) is 39.6 Å². The van der Waals surface area contributed by atoms with E-state index in [1.807, 2.05) is 50.7 Å². The Bertz CT molecular complexity index is 620. The van der Waals surface area contributed by atoms with E-state index in [9.17, 15) is 0 Å². The van der Waals surface area contributed by atoms with Gasteiger partial charge >= 0.3 is 0 Å². The van der Waals surface area contributed by atoms with Crippen LogP contribution in [0.5, 0.6) is 11.5 Å². The van der Waals surface area contributed by atoms with E-state index < -0.39 is 0 Å². The van der Waals surface area contributed by atoms with Crippen LogP contribution in [-0.4, -0.2) is 15.8 Å². The number of nitrogens with zero attached hydrogens (tertiary/aromatic N) is 2. The second-order valence-corrected chi connectivity index (χ2v) is 6.07. The Morgan fingerprint density at radius 3 is 2.65 bits per heavy atom. The van der Waals surface area contributed by atoms with Crippen LogP contribution in [0, 0.1) is 13.8 Å². The molecule has 2 rings (SSSR count). The Morgan fingerprint density at radius 2 is 2.10 bits per heavy atom. The summed E-state index contributed by atoms with van der Waals surface area (Å²) in [4.78, 5) is 0. The number of hydrogen-bond acceptors (Lipinski definition) is 3. The molecule has 1 aromatic carbocycles. The summed E-state index contributed by atoms with van der Waals surface area (Å²) < 4.78 is 8.92. The normalized spacial score (nSPS) is 12.5. The second-order valence-electron chi connectivity index (χ2n) is 5.16. The average Bonchev–Trinajstić information content (AvgIpc) is 2.59. The fourth-order valence-electron chi connectivity index (χ4n) is 2.15. The van der Waals surface area contributed by atoms with Crippen LogP contribution in [0.3, 0.4) is 0 Å². The molecule has 108 valence electrons. The lowest BCUT2D eigenvalue weighted by molar-refractivity contribution is 0.465. The van der Waals surface area contributed by atoms with Crippen molar-refractivity contribution < 1.29 is 4.74 Å². The molecule has 1 aromatic heterocycles. The van der Waals surface area contributed by atoms with Gasteiger partial charge in [-0.1, -0.05) is 22.0 Å². The van der Waals surface area contributed by atoms with Crippen LogP contribution in [0.1, 0.15) is 23.9 Å². The monoisotopic (exact) mass is 337 g/mol. The topological polar surface area (TPSA) is 53.1 Å². The van der Waals surface area contributed by atoms with E-state index in [0.29, 0.717) is 0 Å². The largest absolute Gasteiger partial charge is 0.453 e. The van der Waals surface area contributed by atoms with Gasteiger partial charge in [-0.15, -0.1) is 0 Å². The van der Waals surface area contributed by atoms with Crippen LogP contribution in [0.25, 0.3) is 0 Å². The van der Waals surface area contributed by atoms with Gasteiger partial charge in [0.25, 0.3) is 0 Å². The summed E-state index contributed by atoms with van der Waals surface area (Å²) in [5, 5.41) is 4.38. The number of halogens is 1. The summed E-state index contributed by atoms with van der Waals surface area (Å²) in [6, 6.07) is 6.12. The van der Waals surface area contributed by atoms with E-state index in [1.54, 1.807) is 0 Å². The van der Waals surface area contributed by atoms with Gasteiger partial charge in [-0.2, -0.15) is 5.10 Å². The van der Waals surface area contributed by atoms with Crippen molar-refractivity contribution >= 4 is 15.9 Å². The van der Waals surface area contributed by atoms with Crippen LogP contribution < -0.4 is 10.5 Å². The third-order valence-electron chi connectivity index (χ3n) is 3.23. The summed E-state index contributed by atoms with van der Waals surface area (Å²) in [6.07, 6.45) is 0.779. The molecule has 0 spiro atoms. The van der Waals surface area contributed by atoms with E-state index in [2.05, 4.69) is 21.0 Å². The van der Waals surface area contributed by atoms with Crippen molar-refractivity contribution in [2.24, 2.45) is 12.8 Å². The van der Waals surface area contributed by atoms with Gasteiger partial charge in [0.2, 0.25) is 0 Å². The van der Waals surface area contributed by atoms with Gasteiger partial charge < -0.3 is 10.5 Å². The lowest BCUT2D eigenvalue weighted by atomic mass is 10.1. The highest BCUT2D eigenvalue weighted by molar-refractivity contribution is 9.10. The minimum Gasteiger partial charge on any atom is -0.453 e. The number of rotatable bonds is 4. The van der Waals surface area contributed by atoms with Gasteiger partial charge in [-0.3, -0.25) is 4.68 Å². The van der Waals surface area contributed by atoms with Crippen molar-refractivity contribution in [2.75, 3.05) is 0 Å². The fourth-order valence-corrected chi connectivity index (χ4v) is 2.49. The van der Waals surface area contributed by atoms with Gasteiger partial charge in [0.1, 0.15) is 11.4 Å². The number of nitrogens with two attached hydrogens (primary N) is 1. The maximum Gasteiger partial charge on any atom is 0.171 e. The molecule has 0 fully saturated rings. The summed E-state index contributed by atoms with van der Waals surface area (Å²) in [7, 11) is 1.92.